The molecule has 1 aliphatic heterocycles. The van der Waals surface area contributed by atoms with Crippen molar-refractivity contribution in [3.8, 4) is 0 Å². The Balaban J connectivity index is 2.00. The van der Waals surface area contributed by atoms with Crippen LogP contribution in [-0.2, 0) is 14.3 Å². The zero-order valence-electron chi connectivity index (χ0n) is 18.7. The van der Waals surface area contributed by atoms with Gasteiger partial charge in [0.2, 0.25) is 0 Å². The van der Waals surface area contributed by atoms with Crippen molar-refractivity contribution in [2.75, 3.05) is 13.2 Å². The molecule has 0 spiro atoms. The normalized spacial score (nSPS) is 21.7. The van der Waals surface area contributed by atoms with Crippen LogP contribution < -0.4 is 0 Å². The summed E-state index contributed by atoms with van der Waals surface area (Å²) in [6.45, 7) is 6.15. The van der Waals surface area contributed by atoms with E-state index in [0.29, 0.717) is 6.42 Å². The molecule has 0 bridgehead atoms. The lowest BCUT2D eigenvalue weighted by molar-refractivity contribution is -0.163. The van der Waals surface area contributed by atoms with Crippen molar-refractivity contribution in [3.05, 3.63) is 24.8 Å². The van der Waals surface area contributed by atoms with E-state index in [1.54, 1.807) is 6.08 Å². The van der Waals surface area contributed by atoms with Gasteiger partial charge in [-0.05, 0) is 38.5 Å². The molecule has 0 radical (unpaired) electrons. The van der Waals surface area contributed by atoms with Gasteiger partial charge in [-0.1, -0.05) is 82.9 Å². The Morgan fingerprint density at radius 2 is 1.55 bits per heavy atom. The van der Waals surface area contributed by atoms with Crippen LogP contribution in [0.3, 0.4) is 0 Å². The number of carbonyl (C=O) groups is 1. The van der Waals surface area contributed by atoms with Crippen molar-refractivity contribution in [1.82, 2.24) is 0 Å². The second kappa shape index (κ2) is 16.6. The van der Waals surface area contributed by atoms with Gasteiger partial charge in [0.15, 0.2) is 5.60 Å². The van der Waals surface area contributed by atoms with Crippen LogP contribution in [0.2, 0.25) is 0 Å². The number of esters is 1. The van der Waals surface area contributed by atoms with Crippen LogP contribution in [0.25, 0.3) is 0 Å². The second-order valence-electron chi connectivity index (χ2n) is 8.29. The van der Waals surface area contributed by atoms with Crippen LogP contribution in [0, 0.1) is 0 Å². The summed E-state index contributed by atoms with van der Waals surface area (Å²) in [7, 11) is 0. The Bertz CT molecular complexity index is 460. The van der Waals surface area contributed by atoms with Crippen molar-refractivity contribution in [2.45, 2.75) is 115 Å². The van der Waals surface area contributed by atoms with Gasteiger partial charge in [0.1, 0.15) is 12.7 Å². The van der Waals surface area contributed by atoms with Crippen LogP contribution >= 0.6 is 0 Å². The number of rotatable bonds is 19. The first-order valence-electron chi connectivity index (χ1n) is 11.9. The summed E-state index contributed by atoms with van der Waals surface area (Å²) in [5.41, 5.74) is -1.20. The molecule has 4 heteroatoms. The number of aliphatic hydroxyl groups is 1. The highest BCUT2D eigenvalue weighted by Crippen LogP contribution is 2.31. The molecule has 0 aromatic heterocycles. The standard InChI is InChI=1S/C25H44O4/c1-3-5-6-7-8-9-10-11-12-13-14-15-16-17-18-19-20-25(29-21-4-2)23(26)22-28-24(25)27/h4,15-16,23,26H,2-3,5-14,17-22H2,1H3/b16-15-. The number of hydrogen-bond donors (Lipinski definition) is 1. The summed E-state index contributed by atoms with van der Waals surface area (Å²) in [6.07, 6.45) is 23.4. The van der Waals surface area contributed by atoms with Crippen LogP contribution in [-0.4, -0.2) is 36.0 Å². The van der Waals surface area contributed by atoms with Gasteiger partial charge in [0, 0.05) is 0 Å². The number of hydrogen-bond acceptors (Lipinski definition) is 4. The molecule has 1 heterocycles. The fourth-order valence-corrected chi connectivity index (χ4v) is 3.89. The highest BCUT2D eigenvalue weighted by Gasteiger charge is 2.52. The highest BCUT2D eigenvalue weighted by atomic mass is 16.6. The maximum Gasteiger partial charge on any atom is 0.341 e. The lowest BCUT2D eigenvalue weighted by atomic mass is 9.92. The minimum Gasteiger partial charge on any atom is -0.461 e. The van der Waals surface area contributed by atoms with E-state index in [-0.39, 0.29) is 13.2 Å². The Hall–Kier alpha value is -1.13. The Kier molecular flexibility index (Phi) is 14.9. The second-order valence-corrected chi connectivity index (χ2v) is 8.29. The smallest absolute Gasteiger partial charge is 0.341 e. The van der Waals surface area contributed by atoms with Crippen molar-refractivity contribution in [3.63, 3.8) is 0 Å². The molecular formula is C25H44O4. The molecule has 0 aromatic carbocycles. The van der Waals surface area contributed by atoms with E-state index < -0.39 is 17.7 Å². The molecule has 0 aromatic rings. The molecule has 2 unspecified atom stereocenters. The molecule has 2 atom stereocenters. The average Bonchev–Trinajstić information content (AvgIpc) is 3.00. The molecule has 1 N–H and O–H groups in total. The highest BCUT2D eigenvalue weighted by molar-refractivity contribution is 5.82. The predicted molar refractivity (Wildman–Crippen MR) is 120 cm³/mol. The number of aliphatic hydroxyl groups excluding tert-OH is 1. The first-order chi connectivity index (χ1) is 14.2. The summed E-state index contributed by atoms with van der Waals surface area (Å²) in [5.74, 6) is -0.441. The van der Waals surface area contributed by atoms with Crippen LogP contribution in [0.4, 0.5) is 0 Å². The zero-order valence-corrected chi connectivity index (χ0v) is 18.7. The van der Waals surface area contributed by atoms with Crippen LogP contribution in [0.1, 0.15) is 103 Å². The van der Waals surface area contributed by atoms with E-state index in [9.17, 15) is 9.90 Å². The molecule has 168 valence electrons. The Morgan fingerprint density at radius 3 is 2.07 bits per heavy atom. The summed E-state index contributed by atoms with van der Waals surface area (Å²) >= 11 is 0. The molecule has 1 rings (SSSR count). The van der Waals surface area contributed by atoms with E-state index in [1.807, 2.05) is 0 Å². The summed E-state index contributed by atoms with van der Waals surface area (Å²) in [6, 6.07) is 0. The SMILES string of the molecule is C=CCOC1(CCCC/C=C\CCCCCCCCCCCC)C(=O)OCC1O. The van der Waals surface area contributed by atoms with Crippen LogP contribution in [0.5, 0.6) is 0 Å². The van der Waals surface area contributed by atoms with Gasteiger partial charge >= 0.3 is 5.97 Å². The molecule has 0 amide bonds. The Labute approximate surface area is 178 Å². The van der Waals surface area contributed by atoms with E-state index in [0.717, 1.165) is 25.7 Å². The molecular weight excluding hydrogens is 364 g/mol. The van der Waals surface area contributed by atoms with Crippen molar-refractivity contribution >= 4 is 5.97 Å². The number of allylic oxidation sites excluding steroid dienone is 2. The molecule has 1 fully saturated rings. The predicted octanol–water partition coefficient (Wildman–Crippen LogP) is 6.27. The van der Waals surface area contributed by atoms with Gasteiger partial charge in [-0.15, -0.1) is 6.58 Å². The molecule has 0 saturated carbocycles. The monoisotopic (exact) mass is 408 g/mol. The Morgan fingerprint density at radius 1 is 1.00 bits per heavy atom. The average molecular weight is 409 g/mol. The van der Waals surface area contributed by atoms with Crippen molar-refractivity contribution < 1.29 is 19.4 Å². The molecule has 1 saturated heterocycles. The zero-order chi connectivity index (χ0) is 21.2. The number of cyclic esters (lactones) is 1. The van der Waals surface area contributed by atoms with Gasteiger partial charge in [0.05, 0.1) is 6.61 Å². The number of ether oxygens (including phenoxy) is 2. The van der Waals surface area contributed by atoms with Crippen molar-refractivity contribution in [1.29, 1.82) is 0 Å². The number of carbonyl (C=O) groups excluding carboxylic acids is 1. The lowest BCUT2D eigenvalue weighted by Gasteiger charge is -2.27. The number of unbranched alkanes of at least 4 members (excludes halogenated alkanes) is 12. The van der Waals surface area contributed by atoms with E-state index >= 15 is 0 Å². The quantitative estimate of drug-likeness (QED) is 0.155. The molecule has 4 nitrogen and oxygen atoms in total. The maximum absolute atomic E-state index is 12.0. The fraction of sp³-hybridized carbons (Fsp3) is 0.800. The fourth-order valence-electron chi connectivity index (χ4n) is 3.89. The molecule has 1 aliphatic rings. The van der Waals surface area contributed by atoms with Gasteiger partial charge in [-0.2, -0.15) is 0 Å². The first kappa shape index (κ1) is 25.9. The lowest BCUT2D eigenvalue weighted by Crippen LogP contribution is -2.47. The van der Waals surface area contributed by atoms with Crippen LogP contribution in [0.15, 0.2) is 24.8 Å². The maximum atomic E-state index is 12.0. The van der Waals surface area contributed by atoms with E-state index in [4.69, 9.17) is 9.47 Å². The van der Waals surface area contributed by atoms with Gasteiger partial charge in [-0.25, -0.2) is 4.79 Å². The van der Waals surface area contributed by atoms with E-state index in [2.05, 4.69) is 25.7 Å². The minimum absolute atomic E-state index is 0.0226. The van der Waals surface area contributed by atoms with Gasteiger partial charge < -0.3 is 14.6 Å². The third-order valence-corrected chi connectivity index (χ3v) is 5.77. The topological polar surface area (TPSA) is 55.8 Å². The van der Waals surface area contributed by atoms with Gasteiger partial charge in [-0.3, -0.25) is 0 Å². The summed E-state index contributed by atoms with van der Waals surface area (Å²) in [5, 5.41) is 10.1. The van der Waals surface area contributed by atoms with Crippen molar-refractivity contribution in [2.24, 2.45) is 0 Å². The molecule has 29 heavy (non-hydrogen) atoms. The summed E-state index contributed by atoms with van der Waals surface area (Å²) < 4.78 is 10.6. The van der Waals surface area contributed by atoms with E-state index in [1.165, 1.54) is 64.2 Å². The largest absolute Gasteiger partial charge is 0.461 e. The minimum atomic E-state index is -1.20. The summed E-state index contributed by atoms with van der Waals surface area (Å²) in [4.78, 5) is 12.0. The third-order valence-electron chi connectivity index (χ3n) is 5.77. The van der Waals surface area contributed by atoms with Gasteiger partial charge in [0.25, 0.3) is 0 Å². The third kappa shape index (κ3) is 10.5. The molecule has 0 aliphatic carbocycles. The first-order valence-corrected chi connectivity index (χ1v) is 11.9.